The van der Waals surface area contributed by atoms with E-state index in [2.05, 4.69) is 15.6 Å². The fourth-order valence-electron chi connectivity index (χ4n) is 2.96. The largest absolute Gasteiger partial charge is 0.497 e. The van der Waals surface area contributed by atoms with Gasteiger partial charge in [0.2, 0.25) is 5.89 Å². The molecule has 0 saturated heterocycles. The Labute approximate surface area is 189 Å². The van der Waals surface area contributed by atoms with E-state index in [1.807, 2.05) is 31.2 Å². The molecule has 4 rings (SSSR count). The van der Waals surface area contributed by atoms with Crippen LogP contribution in [-0.4, -0.2) is 23.1 Å². The van der Waals surface area contributed by atoms with E-state index in [0.29, 0.717) is 33.3 Å². The van der Waals surface area contributed by atoms with Crippen LogP contribution in [0.2, 0.25) is 5.02 Å². The third-order valence-corrected chi connectivity index (χ3v) is 5.23. The first-order valence-corrected chi connectivity index (χ1v) is 10.1. The highest BCUT2D eigenvalue weighted by Crippen LogP contribution is 2.28. The maximum atomic E-state index is 12.4. The number of hydrogen-bond acceptors (Lipinski definition) is 5. The van der Waals surface area contributed by atoms with E-state index >= 15 is 0 Å². The van der Waals surface area contributed by atoms with Gasteiger partial charge >= 0.3 is 0 Å². The zero-order valence-corrected chi connectivity index (χ0v) is 18.3. The number of nitrogens with zero attached hydrogens (tertiary/aromatic N) is 1. The lowest BCUT2D eigenvalue weighted by Crippen LogP contribution is -2.34. The second-order valence-electron chi connectivity index (χ2n) is 6.81. The van der Waals surface area contributed by atoms with Crippen LogP contribution < -0.4 is 15.4 Å². The molecule has 31 heavy (non-hydrogen) atoms. The summed E-state index contributed by atoms with van der Waals surface area (Å²) in [4.78, 5) is 16.9. The molecule has 0 bridgehead atoms. The number of thiocarbonyl (C=S) groups is 1. The van der Waals surface area contributed by atoms with Crippen molar-refractivity contribution in [1.82, 2.24) is 10.3 Å². The van der Waals surface area contributed by atoms with Crippen LogP contribution in [0.5, 0.6) is 5.75 Å². The summed E-state index contributed by atoms with van der Waals surface area (Å²) in [5.41, 5.74) is 4.09. The van der Waals surface area contributed by atoms with Gasteiger partial charge in [-0.2, -0.15) is 0 Å². The zero-order chi connectivity index (χ0) is 22.0. The lowest BCUT2D eigenvalue weighted by atomic mass is 10.1. The highest BCUT2D eigenvalue weighted by Gasteiger charge is 2.12. The molecule has 8 heteroatoms. The maximum absolute atomic E-state index is 12.4. The summed E-state index contributed by atoms with van der Waals surface area (Å²) in [6.45, 7) is 1.87. The Morgan fingerprint density at radius 3 is 2.74 bits per heavy atom. The van der Waals surface area contributed by atoms with Gasteiger partial charge < -0.3 is 14.5 Å². The van der Waals surface area contributed by atoms with Crippen LogP contribution in [0.1, 0.15) is 15.9 Å². The minimum Gasteiger partial charge on any atom is -0.497 e. The highest BCUT2D eigenvalue weighted by molar-refractivity contribution is 7.80. The van der Waals surface area contributed by atoms with Crippen LogP contribution in [-0.2, 0) is 0 Å². The minimum atomic E-state index is -0.345. The molecule has 6 nitrogen and oxygen atoms in total. The first kappa shape index (κ1) is 20.8. The fraction of sp³-hybridized carbons (Fsp3) is 0.0870. The molecule has 0 fully saturated rings. The number of halogens is 1. The maximum Gasteiger partial charge on any atom is 0.257 e. The Morgan fingerprint density at radius 2 is 1.97 bits per heavy atom. The van der Waals surface area contributed by atoms with Crippen molar-refractivity contribution in [2.45, 2.75) is 6.92 Å². The minimum absolute atomic E-state index is 0.164. The summed E-state index contributed by atoms with van der Waals surface area (Å²) < 4.78 is 11.1. The van der Waals surface area contributed by atoms with Crippen molar-refractivity contribution in [3.63, 3.8) is 0 Å². The van der Waals surface area contributed by atoms with Crippen LogP contribution in [0.15, 0.2) is 65.1 Å². The summed E-state index contributed by atoms with van der Waals surface area (Å²) in [5, 5.41) is 6.33. The van der Waals surface area contributed by atoms with Crippen molar-refractivity contribution < 1.29 is 13.9 Å². The molecule has 1 amide bonds. The van der Waals surface area contributed by atoms with Gasteiger partial charge in [-0.3, -0.25) is 10.1 Å². The standard InChI is InChI=1S/C23H18ClN3O3S/c1-13-6-7-14(11-18(13)24)21(28)27-23(31)25-16-8-9-20-19(12-16)26-22(30-20)15-4-3-5-17(10-15)29-2/h3-12H,1-2H3,(H2,25,27,28,31). The molecule has 0 atom stereocenters. The van der Waals surface area contributed by atoms with Crippen molar-refractivity contribution >= 4 is 51.6 Å². The van der Waals surface area contributed by atoms with Crippen molar-refractivity contribution in [2.75, 3.05) is 12.4 Å². The number of fused-ring (bicyclic) bond motifs is 1. The number of carbonyl (C=O) groups is 1. The molecule has 2 N–H and O–H groups in total. The van der Waals surface area contributed by atoms with Crippen LogP contribution >= 0.6 is 23.8 Å². The van der Waals surface area contributed by atoms with E-state index in [9.17, 15) is 4.79 Å². The fourth-order valence-corrected chi connectivity index (χ4v) is 3.35. The first-order valence-electron chi connectivity index (χ1n) is 9.36. The van der Waals surface area contributed by atoms with Gasteiger partial charge in [0.25, 0.3) is 5.91 Å². The molecule has 156 valence electrons. The number of carbonyl (C=O) groups excluding carboxylic acids is 1. The van der Waals surface area contributed by atoms with E-state index in [4.69, 9.17) is 33.0 Å². The van der Waals surface area contributed by atoms with Gasteiger partial charge in [0, 0.05) is 21.8 Å². The number of nitrogens with one attached hydrogen (secondary N) is 2. The summed E-state index contributed by atoms with van der Waals surface area (Å²) in [7, 11) is 1.61. The Kier molecular flexibility index (Phi) is 5.88. The molecule has 4 aromatic rings. The number of rotatable bonds is 4. The topological polar surface area (TPSA) is 76.4 Å². The average Bonchev–Trinajstić information content (AvgIpc) is 3.19. The van der Waals surface area contributed by atoms with Crippen LogP contribution in [0.4, 0.5) is 5.69 Å². The highest BCUT2D eigenvalue weighted by atomic mass is 35.5. The first-order chi connectivity index (χ1) is 14.9. The number of ether oxygens (including phenoxy) is 1. The zero-order valence-electron chi connectivity index (χ0n) is 16.7. The quantitative estimate of drug-likeness (QED) is 0.394. The Hall–Kier alpha value is -3.42. The smallest absolute Gasteiger partial charge is 0.257 e. The molecule has 0 radical (unpaired) electrons. The average molecular weight is 452 g/mol. The number of aromatic nitrogens is 1. The van der Waals surface area contributed by atoms with Gasteiger partial charge in [-0.15, -0.1) is 0 Å². The Morgan fingerprint density at radius 1 is 1.13 bits per heavy atom. The Balaban J connectivity index is 1.48. The van der Waals surface area contributed by atoms with Crippen LogP contribution in [0, 0.1) is 6.92 Å². The number of amides is 1. The number of benzene rings is 3. The van der Waals surface area contributed by atoms with Crippen molar-refractivity contribution in [1.29, 1.82) is 0 Å². The predicted octanol–water partition coefficient (Wildman–Crippen LogP) is 5.59. The van der Waals surface area contributed by atoms with Crippen molar-refractivity contribution in [3.05, 3.63) is 76.8 Å². The summed E-state index contributed by atoms with van der Waals surface area (Å²) in [6, 6.07) is 17.9. The van der Waals surface area contributed by atoms with Gasteiger partial charge in [0.15, 0.2) is 10.7 Å². The van der Waals surface area contributed by atoms with Gasteiger partial charge in [-0.25, -0.2) is 4.98 Å². The number of anilines is 1. The number of aryl methyl sites for hydroxylation is 1. The molecule has 1 aromatic heterocycles. The molecule has 0 aliphatic heterocycles. The second kappa shape index (κ2) is 8.75. The van der Waals surface area contributed by atoms with E-state index in [1.165, 1.54) is 0 Å². The summed E-state index contributed by atoms with van der Waals surface area (Å²) in [6.07, 6.45) is 0. The molecule has 0 saturated carbocycles. The third kappa shape index (κ3) is 4.68. The molecule has 1 heterocycles. The molecule has 0 spiro atoms. The van der Waals surface area contributed by atoms with Crippen molar-refractivity contribution in [3.8, 4) is 17.2 Å². The summed E-state index contributed by atoms with van der Waals surface area (Å²) >= 11 is 11.4. The van der Waals surface area contributed by atoms with Crippen LogP contribution in [0.3, 0.4) is 0 Å². The van der Waals surface area contributed by atoms with Crippen LogP contribution in [0.25, 0.3) is 22.6 Å². The monoisotopic (exact) mass is 451 g/mol. The van der Waals surface area contributed by atoms with E-state index < -0.39 is 0 Å². The van der Waals surface area contributed by atoms with E-state index in [1.54, 1.807) is 43.5 Å². The van der Waals surface area contributed by atoms with Gasteiger partial charge in [0.05, 0.1) is 7.11 Å². The van der Waals surface area contributed by atoms with E-state index in [0.717, 1.165) is 16.9 Å². The molecule has 3 aromatic carbocycles. The number of oxazole rings is 1. The van der Waals surface area contributed by atoms with E-state index in [-0.39, 0.29) is 11.0 Å². The molecule has 0 aliphatic rings. The van der Waals surface area contributed by atoms with Gasteiger partial charge in [0.1, 0.15) is 11.3 Å². The normalized spacial score (nSPS) is 10.7. The third-order valence-electron chi connectivity index (χ3n) is 4.62. The molecular weight excluding hydrogens is 434 g/mol. The van der Waals surface area contributed by atoms with Gasteiger partial charge in [-0.1, -0.05) is 23.7 Å². The SMILES string of the molecule is COc1cccc(-c2nc3cc(NC(=S)NC(=O)c4ccc(C)c(Cl)c4)ccc3o2)c1. The lowest BCUT2D eigenvalue weighted by molar-refractivity contribution is 0.0977. The number of methoxy groups -OCH3 is 1. The molecular formula is C23H18ClN3O3S. The lowest BCUT2D eigenvalue weighted by Gasteiger charge is -2.10. The Bertz CT molecular complexity index is 1300. The summed E-state index contributed by atoms with van der Waals surface area (Å²) in [5.74, 6) is 0.860. The predicted molar refractivity (Wildman–Crippen MR) is 126 cm³/mol. The number of hydrogen-bond donors (Lipinski definition) is 2. The molecule has 0 unspecified atom stereocenters. The van der Waals surface area contributed by atoms with Gasteiger partial charge in [-0.05, 0) is 73.2 Å². The van der Waals surface area contributed by atoms with Crippen molar-refractivity contribution in [2.24, 2.45) is 0 Å². The molecule has 0 aliphatic carbocycles. The second-order valence-corrected chi connectivity index (χ2v) is 7.62.